The summed E-state index contributed by atoms with van der Waals surface area (Å²) < 4.78 is 23.7. The van der Waals surface area contributed by atoms with E-state index in [1.54, 1.807) is 0 Å². The number of fused-ring (bicyclic) bond motifs is 1. The zero-order valence-corrected chi connectivity index (χ0v) is 11.6. The molecule has 4 nitrogen and oxygen atoms in total. The molecule has 2 N–H and O–H groups in total. The monoisotopic (exact) mass is 281 g/mol. The van der Waals surface area contributed by atoms with Gasteiger partial charge in [0.25, 0.3) is 0 Å². The van der Waals surface area contributed by atoms with Crippen molar-refractivity contribution in [3.8, 4) is 5.75 Å². The van der Waals surface area contributed by atoms with Gasteiger partial charge in [-0.15, -0.1) is 0 Å². The van der Waals surface area contributed by atoms with Crippen molar-refractivity contribution in [2.24, 2.45) is 5.73 Å². The highest BCUT2D eigenvalue weighted by atomic mass is 32.2. The van der Waals surface area contributed by atoms with Gasteiger partial charge in [-0.1, -0.05) is 18.2 Å². The number of para-hydroxylation sites is 1. The summed E-state index contributed by atoms with van der Waals surface area (Å²) in [7, 11) is -1.01. The predicted octanol–water partition coefficient (Wildman–Crippen LogP) is 1.38. The van der Waals surface area contributed by atoms with Gasteiger partial charge in [-0.05, 0) is 18.9 Å². The van der Waals surface area contributed by atoms with Crippen molar-refractivity contribution >= 4 is 10.8 Å². The van der Waals surface area contributed by atoms with Crippen LogP contribution in [0.2, 0.25) is 0 Å². The second-order valence-electron chi connectivity index (χ2n) is 5.10. The third-order valence-electron chi connectivity index (χ3n) is 3.79. The van der Waals surface area contributed by atoms with Crippen LogP contribution in [0.3, 0.4) is 0 Å². The Kier molecular flexibility index (Phi) is 3.86. The van der Waals surface area contributed by atoms with E-state index in [2.05, 4.69) is 0 Å². The highest BCUT2D eigenvalue weighted by Crippen LogP contribution is 2.32. The Hall–Kier alpha value is -0.910. The quantitative estimate of drug-likeness (QED) is 0.909. The second kappa shape index (κ2) is 5.61. The molecule has 19 heavy (non-hydrogen) atoms. The van der Waals surface area contributed by atoms with Crippen LogP contribution in [0.25, 0.3) is 0 Å². The highest BCUT2D eigenvalue weighted by molar-refractivity contribution is 7.85. The molecule has 0 amide bonds. The van der Waals surface area contributed by atoms with Gasteiger partial charge in [0.05, 0.1) is 23.1 Å². The van der Waals surface area contributed by atoms with Crippen molar-refractivity contribution < 1.29 is 13.7 Å². The summed E-state index contributed by atoms with van der Waals surface area (Å²) in [5.74, 6) is 1.39. The summed E-state index contributed by atoms with van der Waals surface area (Å²) in [6, 6.07) is 7.51. The summed E-state index contributed by atoms with van der Waals surface area (Å²) in [5, 5.41) is -0.140. The van der Waals surface area contributed by atoms with Gasteiger partial charge in [0.15, 0.2) is 0 Å². The van der Waals surface area contributed by atoms with Crippen molar-refractivity contribution in [2.45, 2.75) is 30.2 Å². The molecule has 3 rings (SSSR count). The predicted molar refractivity (Wildman–Crippen MR) is 74.6 cm³/mol. The summed E-state index contributed by atoms with van der Waals surface area (Å²) in [5.41, 5.74) is 7.21. The number of ether oxygens (including phenoxy) is 2. The third kappa shape index (κ3) is 2.68. The van der Waals surface area contributed by atoms with E-state index >= 15 is 0 Å². The van der Waals surface area contributed by atoms with E-state index in [0.717, 1.165) is 30.8 Å². The molecule has 5 heteroatoms. The smallest absolute Gasteiger partial charge is 0.124 e. The molecular weight excluding hydrogens is 262 g/mol. The molecule has 1 fully saturated rings. The van der Waals surface area contributed by atoms with Crippen LogP contribution in [-0.4, -0.2) is 34.5 Å². The van der Waals surface area contributed by atoms with Crippen molar-refractivity contribution in [2.75, 3.05) is 19.0 Å². The van der Waals surface area contributed by atoms with Crippen molar-refractivity contribution in [3.05, 3.63) is 29.8 Å². The molecule has 1 saturated heterocycles. The fraction of sp³-hybridized carbons (Fsp3) is 0.571. The zero-order valence-electron chi connectivity index (χ0n) is 10.8. The van der Waals surface area contributed by atoms with Gasteiger partial charge in [-0.3, -0.25) is 4.21 Å². The summed E-state index contributed by atoms with van der Waals surface area (Å²) >= 11 is 0. The SMILES string of the molecule is NC1c2ccccc2OCC1S(=O)CC1CCCO1. The number of rotatable bonds is 3. The van der Waals surface area contributed by atoms with Crippen LogP contribution in [0.5, 0.6) is 5.75 Å². The highest BCUT2D eigenvalue weighted by Gasteiger charge is 2.33. The van der Waals surface area contributed by atoms with E-state index < -0.39 is 10.8 Å². The lowest BCUT2D eigenvalue weighted by Gasteiger charge is -2.31. The van der Waals surface area contributed by atoms with Crippen LogP contribution >= 0.6 is 0 Å². The molecule has 1 aromatic carbocycles. The Bertz CT molecular complexity index is 474. The topological polar surface area (TPSA) is 61.5 Å². The van der Waals surface area contributed by atoms with Crippen molar-refractivity contribution in [3.63, 3.8) is 0 Å². The molecule has 2 aliphatic rings. The Morgan fingerprint density at radius 3 is 3.00 bits per heavy atom. The Balaban J connectivity index is 1.70. The van der Waals surface area contributed by atoms with E-state index in [1.165, 1.54) is 0 Å². The maximum Gasteiger partial charge on any atom is 0.124 e. The normalized spacial score (nSPS) is 31.5. The van der Waals surface area contributed by atoms with E-state index in [-0.39, 0.29) is 17.4 Å². The summed E-state index contributed by atoms with van der Waals surface area (Å²) in [4.78, 5) is 0. The first-order valence-electron chi connectivity index (χ1n) is 6.72. The maximum atomic E-state index is 12.4. The Morgan fingerprint density at radius 1 is 1.37 bits per heavy atom. The van der Waals surface area contributed by atoms with Crippen LogP contribution < -0.4 is 10.5 Å². The maximum absolute atomic E-state index is 12.4. The molecular formula is C14H19NO3S. The molecule has 104 valence electrons. The molecule has 4 atom stereocenters. The summed E-state index contributed by atoms with van der Waals surface area (Å²) in [6.07, 6.45) is 2.20. The molecule has 0 bridgehead atoms. The van der Waals surface area contributed by atoms with E-state index in [0.29, 0.717) is 12.4 Å². The summed E-state index contributed by atoms with van der Waals surface area (Å²) in [6.45, 7) is 1.22. The lowest BCUT2D eigenvalue weighted by Crippen LogP contribution is -2.41. The first kappa shape index (κ1) is 13.1. The van der Waals surface area contributed by atoms with Crippen molar-refractivity contribution in [1.29, 1.82) is 0 Å². The van der Waals surface area contributed by atoms with Gasteiger partial charge in [0.2, 0.25) is 0 Å². The molecule has 0 saturated carbocycles. The minimum atomic E-state index is -1.01. The van der Waals surface area contributed by atoms with E-state index in [4.69, 9.17) is 15.2 Å². The fourth-order valence-electron chi connectivity index (χ4n) is 2.69. The second-order valence-corrected chi connectivity index (χ2v) is 6.80. The molecule has 1 aromatic rings. The average molecular weight is 281 g/mol. The van der Waals surface area contributed by atoms with Crippen molar-refractivity contribution in [1.82, 2.24) is 0 Å². The largest absolute Gasteiger partial charge is 0.492 e. The van der Waals surface area contributed by atoms with Gasteiger partial charge < -0.3 is 15.2 Å². The van der Waals surface area contributed by atoms with Crippen LogP contribution in [0.4, 0.5) is 0 Å². The van der Waals surface area contributed by atoms with E-state index in [1.807, 2.05) is 24.3 Å². The lowest BCUT2D eigenvalue weighted by atomic mass is 10.0. The average Bonchev–Trinajstić information content (AvgIpc) is 2.92. The fourth-order valence-corrected chi connectivity index (χ4v) is 4.26. The number of hydrogen-bond donors (Lipinski definition) is 1. The molecule has 2 aliphatic heterocycles. The Labute approximate surface area is 115 Å². The minimum Gasteiger partial charge on any atom is -0.492 e. The van der Waals surface area contributed by atoms with Crippen LogP contribution in [0, 0.1) is 0 Å². The molecule has 2 heterocycles. The third-order valence-corrected chi connectivity index (χ3v) is 5.60. The number of benzene rings is 1. The van der Waals surface area contributed by atoms with Gasteiger partial charge in [0, 0.05) is 23.0 Å². The molecule has 4 unspecified atom stereocenters. The van der Waals surface area contributed by atoms with Crippen LogP contribution in [0.15, 0.2) is 24.3 Å². The molecule has 0 aromatic heterocycles. The first-order chi connectivity index (χ1) is 9.25. The van der Waals surface area contributed by atoms with Gasteiger partial charge in [-0.25, -0.2) is 0 Å². The standard InChI is InChI=1S/C14H19NO3S/c15-14-11-5-1-2-6-12(11)18-8-13(14)19(16)9-10-4-3-7-17-10/h1-2,5-6,10,13-14H,3-4,7-9,15H2. The minimum absolute atomic E-state index is 0.130. The van der Waals surface area contributed by atoms with Crippen LogP contribution in [0.1, 0.15) is 24.4 Å². The first-order valence-corrected chi connectivity index (χ1v) is 8.10. The molecule has 0 aliphatic carbocycles. The number of nitrogens with two attached hydrogens (primary N) is 1. The van der Waals surface area contributed by atoms with E-state index in [9.17, 15) is 4.21 Å². The number of hydrogen-bond acceptors (Lipinski definition) is 4. The zero-order chi connectivity index (χ0) is 13.2. The Morgan fingerprint density at radius 2 is 2.21 bits per heavy atom. The lowest BCUT2D eigenvalue weighted by molar-refractivity contribution is 0.128. The van der Waals surface area contributed by atoms with Gasteiger partial charge >= 0.3 is 0 Å². The molecule has 0 spiro atoms. The van der Waals surface area contributed by atoms with Gasteiger partial charge in [-0.2, -0.15) is 0 Å². The molecule has 0 radical (unpaired) electrons. The van der Waals surface area contributed by atoms with Gasteiger partial charge in [0.1, 0.15) is 12.4 Å². The van der Waals surface area contributed by atoms with Crippen LogP contribution in [-0.2, 0) is 15.5 Å².